The summed E-state index contributed by atoms with van der Waals surface area (Å²) in [5, 5.41) is 7.73. The van der Waals surface area contributed by atoms with Crippen LogP contribution >= 0.6 is 34.0 Å². The van der Waals surface area contributed by atoms with E-state index < -0.39 is 0 Å². The smallest absolute Gasteiger partial charge is 0.0640 e. The molecule has 0 fully saturated rings. The third kappa shape index (κ3) is 5.26. The number of nitrogens with zero attached hydrogens (tertiary/aromatic N) is 1. The third-order valence-corrected chi connectivity index (χ3v) is 15.1. The Morgan fingerprint density at radius 3 is 1.48 bits per heavy atom. The van der Waals surface area contributed by atoms with E-state index in [9.17, 15) is 0 Å². The van der Waals surface area contributed by atoms with Crippen LogP contribution in [0.25, 0.3) is 93.9 Å². The summed E-state index contributed by atoms with van der Waals surface area (Å²) in [5.74, 6) is 0. The minimum Gasteiger partial charge on any atom is -0.308 e. The van der Waals surface area contributed by atoms with Crippen LogP contribution in [0.3, 0.4) is 0 Å². The lowest BCUT2D eigenvalue weighted by Crippen LogP contribution is -2.10. The summed E-state index contributed by atoms with van der Waals surface area (Å²) >= 11 is 5.68. The Balaban J connectivity index is 1.19. The standard InChI is InChI=1S/C54H33NS3/c1-4-15-34(16-5-1)38-28-29-39(35-17-6-2-7-18-35)53-50(38)44-33-37(27-32-49(44)58-53)55(46-24-14-23-42-41-21-10-12-25-47(41)56-52(42)46)45-31-30-40(36-19-8-3-9-20-36)54-51(45)43-22-11-13-26-48(43)57-54/h1-33H. The molecule has 0 atom stereocenters. The molecule has 4 heteroatoms. The maximum atomic E-state index is 2.56. The molecule has 1 nitrogen and oxygen atoms in total. The van der Waals surface area contributed by atoms with Gasteiger partial charge in [0.15, 0.2) is 0 Å². The van der Waals surface area contributed by atoms with Gasteiger partial charge in [0, 0.05) is 61.5 Å². The number of thiophene rings is 3. The molecule has 0 aliphatic heterocycles. The minimum atomic E-state index is 1.14. The van der Waals surface area contributed by atoms with E-state index in [2.05, 4.69) is 205 Å². The van der Waals surface area contributed by atoms with E-state index in [-0.39, 0.29) is 0 Å². The van der Waals surface area contributed by atoms with Gasteiger partial charge in [0.05, 0.1) is 16.1 Å². The molecule has 3 aromatic heterocycles. The van der Waals surface area contributed by atoms with Crippen LogP contribution in [0.1, 0.15) is 0 Å². The van der Waals surface area contributed by atoms with Crippen molar-refractivity contribution in [1.82, 2.24) is 0 Å². The maximum Gasteiger partial charge on any atom is 0.0640 e. The SMILES string of the molecule is c1ccc(-c2ccc(-c3ccccc3)c3c2sc2ccc(N(c4cccc5c4sc4ccccc45)c4ccc(-c5ccccc5)c5sc6ccccc6c45)cc23)cc1. The second-order valence-electron chi connectivity index (χ2n) is 14.8. The monoisotopic (exact) mass is 791 g/mol. The summed E-state index contributed by atoms with van der Waals surface area (Å²) in [5.41, 5.74) is 11.0. The number of anilines is 3. The van der Waals surface area contributed by atoms with Gasteiger partial charge in [0.2, 0.25) is 0 Å². The zero-order valence-corrected chi connectivity index (χ0v) is 33.7. The van der Waals surface area contributed by atoms with Crippen molar-refractivity contribution in [3.05, 3.63) is 200 Å². The molecule has 0 aliphatic carbocycles. The average Bonchev–Trinajstić information content (AvgIpc) is 4.00. The number of rotatable bonds is 6. The third-order valence-electron chi connectivity index (χ3n) is 11.5. The van der Waals surface area contributed by atoms with E-state index in [1.165, 1.54) is 105 Å². The Kier molecular flexibility index (Phi) is 7.83. The first-order valence-corrected chi connectivity index (χ1v) is 22.0. The van der Waals surface area contributed by atoms with Crippen molar-refractivity contribution in [2.45, 2.75) is 0 Å². The second-order valence-corrected chi connectivity index (χ2v) is 17.9. The van der Waals surface area contributed by atoms with Gasteiger partial charge in [-0.05, 0) is 75.8 Å². The maximum absolute atomic E-state index is 2.56. The number of fused-ring (bicyclic) bond motifs is 9. The summed E-state index contributed by atoms with van der Waals surface area (Å²) in [4.78, 5) is 2.56. The highest BCUT2D eigenvalue weighted by atomic mass is 32.1. The molecule has 0 saturated carbocycles. The largest absolute Gasteiger partial charge is 0.308 e. The van der Waals surface area contributed by atoms with E-state index in [0.29, 0.717) is 0 Å². The summed E-state index contributed by atoms with van der Waals surface area (Å²) in [7, 11) is 0. The van der Waals surface area contributed by atoms with Gasteiger partial charge in [-0.1, -0.05) is 158 Å². The van der Waals surface area contributed by atoms with Crippen molar-refractivity contribution >= 4 is 112 Å². The highest BCUT2D eigenvalue weighted by Crippen LogP contribution is 2.52. The fraction of sp³-hybridized carbons (Fsp3) is 0. The quantitative estimate of drug-likeness (QED) is 0.162. The molecule has 12 aromatic rings. The van der Waals surface area contributed by atoms with Gasteiger partial charge in [-0.3, -0.25) is 0 Å². The highest BCUT2D eigenvalue weighted by Gasteiger charge is 2.25. The fourth-order valence-electron chi connectivity index (χ4n) is 8.87. The molecule has 3 heterocycles. The van der Waals surface area contributed by atoms with Crippen LogP contribution in [-0.2, 0) is 0 Å². The van der Waals surface area contributed by atoms with Crippen molar-refractivity contribution < 1.29 is 0 Å². The van der Waals surface area contributed by atoms with Crippen LogP contribution in [0, 0.1) is 0 Å². The first-order valence-electron chi connectivity index (χ1n) is 19.6. The van der Waals surface area contributed by atoms with Gasteiger partial charge in [-0.15, -0.1) is 34.0 Å². The molecule has 9 aromatic carbocycles. The van der Waals surface area contributed by atoms with Crippen molar-refractivity contribution in [3.63, 3.8) is 0 Å². The van der Waals surface area contributed by atoms with Gasteiger partial charge in [0.25, 0.3) is 0 Å². The Morgan fingerprint density at radius 2 is 0.793 bits per heavy atom. The summed E-state index contributed by atoms with van der Waals surface area (Å²) in [6.07, 6.45) is 0. The van der Waals surface area contributed by atoms with E-state index in [1.54, 1.807) is 0 Å². The molecule has 12 rings (SSSR count). The van der Waals surface area contributed by atoms with Crippen molar-refractivity contribution in [3.8, 4) is 33.4 Å². The first-order chi connectivity index (χ1) is 28.8. The van der Waals surface area contributed by atoms with Gasteiger partial charge in [-0.25, -0.2) is 0 Å². The van der Waals surface area contributed by atoms with E-state index in [4.69, 9.17) is 0 Å². The Labute approximate surface area is 347 Å². The zero-order valence-electron chi connectivity index (χ0n) is 31.2. The van der Waals surface area contributed by atoms with Crippen LogP contribution in [0.5, 0.6) is 0 Å². The summed E-state index contributed by atoms with van der Waals surface area (Å²) < 4.78 is 7.79. The first kappa shape index (κ1) is 33.6. The highest BCUT2D eigenvalue weighted by molar-refractivity contribution is 7.27. The van der Waals surface area contributed by atoms with Gasteiger partial charge in [-0.2, -0.15) is 0 Å². The molecule has 0 aliphatic rings. The van der Waals surface area contributed by atoms with Gasteiger partial charge >= 0.3 is 0 Å². The van der Waals surface area contributed by atoms with Crippen molar-refractivity contribution in [2.24, 2.45) is 0 Å². The predicted molar refractivity (Wildman–Crippen MR) is 256 cm³/mol. The van der Waals surface area contributed by atoms with E-state index >= 15 is 0 Å². The lowest BCUT2D eigenvalue weighted by atomic mass is 9.94. The minimum absolute atomic E-state index is 1.14. The molecule has 0 amide bonds. The topological polar surface area (TPSA) is 3.24 Å². The number of benzene rings is 9. The average molecular weight is 792 g/mol. The van der Waals surface area contributed by atoms with Gasteiger partial charge < -0.3 is 4.90 Å². The molecule has 0 spiro atoms. The molecule has 0 saturated heterocycles. The van der Waals surface area contributed by atoms with Gasteiger partial charge in [0.1, 0.15) is 0 Å². The second kappa shape index (κ2) is 13.5. The van der Waals surface area contributed by atoms with Crippen molar-refractivity contribution in [2.75, 3.05) is 4.90 Å². The Hall–Kier alpha value is -6.56. The Morgan fingerprint density at radius 1 is 0.293 bits per heavy atom. The van der Waals surface area contributed by atoms with E-state index in [1.807, 2.05) is 34.0 Å². The lowest BCUT2D eigenvalue weighted by Gasteiger charge is -2.28. The fourth-order valence-corrected chi connectivity index (χ4v) is 12.6. The molecule has 0 N–H and O–H groups in total. The summed E-state index contributed by atoms with van der Waals surface area (Å²) in [6, 6.07) is 73.7. The van der Waals surface area contributed by atoms with Crippen LogP contribution in [0.15, 0.2) is 200 Å². The van der Waals surface area contributed by atoms with Crippen LogP contribution in [-0.4, -0.2) is 0 Å². The number of hydrogen-bond donors (Lipinski definition) is 0. The normalized spacial score (nSPS) is 11.8. The lowest BCUT2D eigenvalue weighted by molar-refractivity contribution is 1.33. The molecule has 272 valence electrons. The summed E-state index contributed by atoms with van der Waals surface area (Å²) in [6.45, 7) is 0. The molecular formula is C54H33NS3. The zero-order chi connectivity index (χ0) is 38.2. The number of hydrogen-bond acceptors (Lipinski definition) is 4. The Bertz CT molecular complexity index is 3500. The predicted octanol–water partition coefficient (Wildman–Crippen LogP) is 17.3. The van der Waals surface area contributed by atoms with Crippen LogP contribution in [0.4, 0.5) is 17.1 Å². The molecule has 0 radical (unpaired) electrons. The molecule has 0 bridgehead atoms. The molecule has 58 heavy (non-hydrogen) atoms. The van der Waals surface area contributed by atoms with Crippen LogP contribution in [0.2, 0.25) is 0 Å². The van der Waals surface area contributed by atoms with Crippen LogP contribution < -0.4 is 4.90 Å². The molecular weight excluding hydrogens is 759 g/mol. The van der Waals surface area contributed by atoms with E-state index in [0.717, 1.165) is 5.69 Å². The van der Waals surface area contributed by atoms with Crippen molar-refractivity contribution in [1.29, 1.82) is 0 Å². The molecule has 0 unspecified atom stereocenters.